The monoisotopic (exact) mass is 263 g/mol. The van der Waals surface area contributed by atoms with Crippen LogP contribution in [0.15, 0.2) is 17.5 Å². The van der Waals surface area contributed by atoms with Crippen molar-refractivity contribution in [2.75, 3.05) is 6.54 Å². The predicted molar refractivity (Wildman–Crippen MR) is 66.7 cm³/mol. The lowest BCUT2D eigenvalue weighted by molar-refractivity contribution is -0.131. The summed E-state index contributed by atoms with van der Waals surface area (Å²) in [5.74, 6) is -0.664. The lowest BCUT2D eigenvalue weighted by Gasteiger charge is -2.20. The molecule has 1 aliphatic rings. The predicted octanol–water partition coefficient (Wildman–Crippen LogP) is 1.67. The molecular formula is C12H13N3O2S. The van der Waals surface area contributed by atoms with Gasteiger partial charge in [0.05, 0.1) is 12.0 Å². The molecule has 0 saturated carbocycles. The summed E-state index contributed by atoms with van der Waals surface area (Å²) in [7, 11) is 0. The summed E-state index contributed by atoms with van der Waals surface area (Å²) in [6.07, 6.45) is 0. The second-order valence-electron chi connectivity index (χ2n) is 4.48. The number of imide groups is 1. The van der Waals surface area contributed by atoms with Crippen molar-refractivity contribution in [3.05, 3.63) is 22.4 Å². The van der Waals surface area contributed by atoms with Crippen LogP contribution in [0.5, 0.6) is 0 Å². The standard InChI is InChI=1S/C12H13N3O2S/c1-8(6-13)7-15-10(16)12(2,14-11(15)17)9-4-3-5-18-9/h3-5,8H,7H2,1-2H3,(H,14,17). The van der Waals surface area contributed by atoms with E-state index in [1.807, 2.05) is 23.6 Å². The summed E-state index contributed by atoms with van der Waals surface area (Å²) >= 11 is 1.42. The Morgan fingerprint density at radius 2 is 2.33 bits per heavy atom. The van der Waals surface area contributed by atoms with Gasteiger partial charge in [-0.15, -0.1) is 11.3 Å². The topological polar surface area (TPSA) is 73.2 Å². The van der Waals surface area contributed by atoms with Gasteiger partial charge < -0.3 is 5.32 Å². The number of carbonyl (C=O) groups is 2. The number of nitrogens with zero attached hydrogens (tertiary/aromatic N) is 2. The maximum absolute atomic E-state index is 12.3. The van der Waals surface area contributed by atoms with E-state index in [9.17, 15) is 9.59 Å². The van der Waals surface area contributed by atoms with Crippen LogP contribution in [0.2, 0.25) is 0 Å². The van der Waals surface area contributed by atoms with Crippen molar-refractivity contribution in [3.63, 3.8) is 0 Å². The van der Waals surface area contributed by atoms with Gasteiger partial charge in [0, 0.05) is 11.4 Å². The molecule has 1 fully saturated rings. The van der Waals surface area contributed by atoms with Crippen LogP contribution in [-0.2, 0) is 10.3 Å². The van der Waals surface area contributed by atoms with Gasteiger partial charge in [-0.3, -0.25) is 9.69 Å². The smallest absolute Gasteiger partial charge is 0.319 e. The van der Waals surface area contributed by atoms with Crippen LogP contribution in [0.3, 0.4) is 0 Å². The molecule has 3 amide bonds. The number of nitriles is 1. The third-order valence-corrected chi connectivity index (χ3v) is 4.06. The van der Waals surface area contributed by atoms with Gasteiger partial charge in [0.15, 0.2) is 5.54 Å². The molecule has 0 radical (unpaired) electrons. The van der Waals surface area contributed by atoms with Crippen molar-refractivity contribution in [3.8, 4) is 6.07 Å². The Morgan fingerprint density at radius 3 is 2.89 bits per heavy atom. The molecule has 18 heavy (non-hydrogen) atoms. The largest absolute Gasteiger partial charge is 0.325 e. The summed E-state index contributed by atoms with van der Waals surface area (Å²) in [4.78, 5) is 26.1. The number of carbonyl (C=O) groups excluding carboxylic acids is 2. The number of thiophene rings is 1. The molecule has 2 unspecified atom stereocenters. The second-order valence-corrected chi connectivity index (χ2v) is 5.43. The summed E-state index contributed by atoms with van der Waals surface area (Å²) in [5.41, 5.74) is -1.000. The fourth-order valence-electron chi connectivity index (χ4n) is 1.91. The molecule has 1 saturated heterocycles. The molecule has 94 valence electrons. The van der Waals surface area contributed by atoms with Crippen LogP contribution in [0.4, 0.5) is 4.79 Å². The van der Waals surface area contributed by atoms with Crippen LogP contribution in [0.1, 0.15) is 18.7 Å². The number of urea groups is 1. The zero-order chi connectivity index (χ0) is 13.3. The highest BCUT2D eigenvalue weighted by Crippen LogP contribution is 2.32. The maximum atomic E-state index is 12.3. The normalized spacial score (nSPS) is 24.8. The number of hydrogen-bond acceptors (Lipinski definition) is 4. The maximum Gasteiger partial charge on any atom is 0.325 e. The van der Waals surface area contributed by atoms with Crippen LogP contribution >= 0.6 is 11.3 Å². The molecule has 0 aromatic carbocycles. The van der Waals surface area contributed by atoms with E-state index in [4.69, 9.17) is 5.26 Å². The van der Waals surface area contributed by atoms with Crippen LogP contribution in [0.25, 0.3) is 0 Å². The van der Waals surface area contributed by atoms with Gasteiger partial charge in [0.1, 0.15) is 0 Å². The van der Waals surface area contributed by atoms with E-state index in [1.54, 1.807) is 13.8 Å². The van der Waals surface area contributed by atoms with Crippen molar-refractivity contribution in [1.82, 2.24) is 10.2 Å². The van der Waals surface area contributed by atoms with Crippen molar-refractivity contribution in [1.29, 1.82) is 5.26 Å². The average Bonchev–Trinajstić information content (AvgIpc) is 2.93. The van der Waals surface area contributed by atoms with Gasteiger partial charge in [0.25, 0.3) is 5.91 Å². The molecule has 2 atom stereocenters. The van der Waals surface area contributed by atoms with E-state index in [1.165, 1.54) is 11.3 Å². The Bertz CT molecular complexity index is 520. The van der Waals surface area contributed by atoms with Crippen LogP contribution in [0, 0.1) is 17.2 Å². The Labute approximate surface area is 109 Å². The molecule has 1 aliphatic heterocycles. The molecule has 0 bridgehead atoms. The Morgan fingerprint density at radius 1 is 1.61 bits per heavy atom. The summed E-state index contributed by atoms with van der Waals surface area (Å²) in [6.45, 7) is 3.50. The zero-order valence-corrected chi connectivity index (χ0v) is 11.0. The van der Waals surface area contributed by atoms with Gasteiger partial charge >= 0.3 is 6.03 Å². The first-order chi connectivity index (χ1) is 8.49. The van der Waals surface area contributed by atoms with Gasteiger partial charge in [-0.05, 0) is 25.3 Å². The van der Waals surface area contributed by atoms with E-state index in [2.05, 4.69) is 5.32 Å². The lowest BCUT2D eigenvalue weighted by atomic mass is 10.0. The molecule has 5 nitrogen and oxygen atoms in total. The van der Waals surface area contributed by atoms with E-state index in [0.29, 0.717) is 0 Å². The summed E-state index contributed by atoms with van der Waals surface area (Å²) < 4.78 is 0. The molecule has 2 rings (SSSR count). The molecule has 0 aliphatic carbocycles. The van der Waals surface area contributed by atoms with E-state index in [0.717, 1.165) is 9.78 Å². The highest BCUT2D eigenvalue weighted by atomic mass is 32.1. The minimum atomic E-state index is -1.000. The van der Waals surface area contributed by atoms with Crippen molar-refractivity contribution in [2.24, 2.45) is 5.92 Å². The average molecular weight is 263 g/mol. The molecular weight excluding hydrogens is 250 g/mol. The van der Waals surface area contributed by atoms with Crippen LogP contribution in [-0.4, -0.2) is 23.4 Å². The number of nitrogens with one attached hydrogen (secondary N) is 1. The van der Waals surface area contributed by atoms with Crippen molar-refractivity contribution < 1.29 is 9.59 Å². The number of hydrogen-bond donors (Lipinski definition) is 1. The Balaban J connectivity index is 2.27. The fourth-order valence-corrected chi connectivity index (χ4v) is 2.74. The van der Waals surface area contributed by atoms with Gasteiger partial charge in [-0.2, -0.15) is 5.26 Å². The molecule has 1 aromatic heterocycles. The zero-order valence-electron chi connectivity index (χ0n) is 10.1. The van der Waals surface area contributed by atoms with Crippen molar-refractivity contribution >= 4 is 23.3 Å². The third kappa shape index (κ3) is 1.87. The summed E-state index contributed by atoms with van der Waals surface area (Å²) in [5, 5.41) is 13.3. The first-order valence-corrected chi connectivity index (χ1v) is 6.44. The van der Waals surface area contributed by atoms with Gasteiger partial charge in [0.2, 0.25) is 0 Å². The first kappa shape index (κ1) is 12.6. The quantitative estimate of drug-likeness (QED) is 0.843. The molecule has 0 spiro atoms. The number of amides is 3. The summed E-state index contributed by atoms with van der Waals surface area (Å²) in [6, 6.07) is 5.25. The fraction of sp³-hybridized carbons (Fsp3) is 0.417. The van der Waals surface area contributed by atoms with Crippen molar-refractivity contribution in [2.45, 2.75) is 19.4 Å². The second kappa shape index (κ2) is 4.42. The van der Waals surface area contributed by atoms with E-state index < -0.39 is 11.6 Å². The van der Waals surface area contributed by atoms with Gasteiger partial charge in [-0.25, -0.2) is 4.79 Å². The molecule has 2 heterocycles. The third-order valence-electron chi connectivity index (χ3n) is 2.97. The first-order valence-electron chi connectivity index (χ1n) is 5.56. The van der Waals surface area contributed by atoms with E-state index in [-0.39, 0.29) is 18.4 Å². The minimum absolute atomic E-state index is 0.127. The van der Waals surface area contributed by atoms with E-state index >= 15 is 0 Å². The number of rotatable bonds is 3. The molecule has 1 N–H and O–H groups in total. The minimum Gasteiger partial charge on any atom is -0.319 e. The SMILES string of the molecule is CC(C#N)CN1C(=O)NC(C)(c2cccs2)C1=O. The molecule has 6 heteroatoms. The Kier molecular flexibility index (Phi) is 3.09. The highest BCUT2D eigenvalue weighted by Gasteiger charge is 2.49. The van der Waals surface area contributed by atoms with Crippen LogP contribution < -0.4 is 5.32 Å². The van der Waals surface area contributed by atoms with Gasteiger partial charge in [-0.1, -0.05) is 6.07 Å². The Hall–Kier alpha value is -1.87. The highest BCUT2D eigenvalue weighted by molar-refractivity contribution is 7.10. The molecule has 1 aromatic rings. The lowest BCUT2D eigenvalue weighted by Crippen LogP contribution is -2.40.